The van der Waals surface area contributed by atoms with E-state index in [1.807, 2.05) is 6.92 Å². The maximum absolute atomic E-state index is 12.8. The monoisotopic (exact) mass is 458 g/mol. The minimum atomic E-state index is -1.14. The van der Waals surface area contributed by atoms with Gasteiger partial charge in [0.2, 0.25) is 17.7 Å². The van der Waals surface area contributed by atoms with Crippen LogP contribution in [0.5, 0.6) is 0 Å². The summed E-state index contributed by atoms with van der Waals surface area (Å²) in [5.41, 5.74) is 16.9. The number of carboxylic acid groups (broad SMARTS) is 1. The molecule has 3 amide bonds. The Labute approximate surface area is 190 Å². The van der Waals surface area contributed by atoms with E-state index < -0.39 is 47.9 Å². The smallest absolute Gasteiger partial charge is 0.326 e. The Morgan fingerprint density at radius 2 is 1.38 bits per heavy atom. The van der Waals surface area contributed by atoms with Gasteiger partial charge in [-0.15, -0.1) is 0 Å². The molecule has 0 radical (unpaired) electrons. The molecule has 0 bridgehead atoms. The van der Waals surface area contributed by atoms with Crippen LogP contribution in [0.4, 0.5) is 0 Å². The molecule has 0 aliphatic carbocycles. The fraction of sp³-hybridized carbons (Fsp3) is 0.810. The van der Waals surface area contributed by atoms with Crippen LogP contribution >= 0.6 is 0 Å². The SMILES string of the molecule is CCC(C)C(NC(=O)C(C)NC(=O)C(CCCCN)NC(=O)C(N)CCCCN)C(=O)O. The van der Waals surface area contributed by atoms with E-state index in [1.54, 1.807) is 6.92 Å². The van der Waals surface area contributed by atoms with Gasteiger partial charge in [-0.2, -0.15) is 0 Å². The number of nitrogens with one attached hydrogen (secondary N) is 3. The molecule has 186 valence electrons. The van der Waals surface area contributed by atoms with E-state index in [-0.39, 0.29) is 5.92 Å². The highest BCUT2D eigenvalue weighted by molar-refractivity contribution is 5.93. The van der Waals surface area contributed by atoms with E-state index in [2.05, 4.69) is 16.0 Å². The minimum Gasteiger partial charge on any atom is -0.480 e. The average molecular weight is 459 g/mol. The fourth-order valence-electron chi connectivity index (χ4n) is 3.02. The second-order valence-corrected chi connectivity index (χ2v) is 8.18. The summed E-state index contributed by atoms with van der Waals surface area (Å²) in [6.07, 6.45) is 4.09. The van der Waals surface area contributed by atoms with E-state index in [0.29, 0.717) is 51.6 Å². The Morgan fingerprint density at radius 3 is 1.88 bits per heavy atom. The predicted octanol–water partition coefficient (Wildman–Crippen LogP) is -0.823. The molecule has 11 nitrogen and oxygen atoms in total. The molecule has 11 heteroatoms. The quantitative estimate of drug-likeness (QED) is 0.137. The first-order valence-electron chi connectivity index (χ1n) is 11.4. The Hall–Kier alpha value is -2.24. The molecular formula is C21H42N6O5. The summed E-state index contributed by atoms with van der Waals surface area (Å²) >= 11 is 0. The van der Waals surface area contributed by atoms with E-state index in [4.69, 9.17) is 17.2 Å². The third kappa shape index (κ3) is 11.4. The maximum atomic E-state index is 12.8. The molecule has 5 atom stereocenters. The molecule has 5 unspecified atom stereocenters. The lowest BCUT2D eigenvalue weighted by Crippen LogP contribution is -2.56. The van der Waals surface area contributed by atoms with Crippen molar-refractivity contribution in [2.75, 3.05) is 13.1 Å². The van der Waals surface area contributed by atoms with Crippen LogP contribution in [-0.4, -0.2) is 66.1 Å². The van der Waals surface area contributed by atoms with Crippen molar-refractivity contribution in [3.63, 3.8) is 0 Å². The molecule has 10 N–H and O–H groups in total. The summed E-state index contributed by atoms with van der Waals surface area (Å²) in [5.74, 6) is -3.01. The van der Waals surface area contributed by atoms with Gasteiger partial charge in [0.15, 0.2) is 0 Å². The van der Waals surface area contributed by atoms with Gasteiger partial charge in [0.05, 0.1) is 6.04 Å². The van der Waals surface area contributed by atoms with Gasteiger partial charge in [-0.1, -0.05) is 26.7 Å². The first-order chi connectivity index (χ1) is 15.1. The normalized spacial score (nSPS) is 15.7. The molecule has 32 heavy (non-hydrogen) atoms. The van der Waals surface area contributed by atoms with Gasteiger partial charge in [0.1, 0.15) is 18.1 Å². The lowest BCUT2D eigenvalue weighted by molar-refractivity contribution is -0.143. The van der Waals surface area contributed by atoms with Crippen molar-refractivity contribution in [2.45, 2.75) is 89.9 Å². The van der Waals surface area contributed by atoms with Gasteiger partial charge in [-0.3, -0.25) is 14.4 Å². The zero-order chi connectivity index (χ0) is 24.7. The number of rotatable bonds is 17. The van der Waals surface area contributed by atoms with Crippen LogP contribution in [0.2, 0.25) is 0 Å². The number of hydrogen-bond donors (Lipinski definition) is 7. The molecule has 0 saturated heterocycles. The second-order valence-electron chi connectivity index (χ2n) is 8.18. The minimum absolute atomic E-state index is 0.275. The van der Waals surface area contributed by atoms with Crippen LogP contribution in [0.25, 0.3) is 0 Å². The van der Waals surface area contributed by atoms with E-state index in [9.17, 15) is 24.3 Å². The van der Waals surface area contributed by atoms with Crippen molar-refractivity contribution in [3.8, 4) is 0 Å². The van der Waals surface area contributed by atoms with Crippen molar-refractivity contribution in [3.05, 3.63) is 0 Å². The molecule has 0 aromatic rings. The molecule has 0 aliphatic heterocycles. The average Bonchev–Trinajstić information content (AvgIpc) is 2.75. The van der Waals surface area contributed by atoms with Gasteiger partial charge in [-0.25, -0.2) is 4.79 Å². The topological polar surface area (TPSA) is 203 Å². The summed E-state index contributed by atoms with van der Waals surface area (Å²) < 4.78 is 0. The van der Waals surface area contributed by atoms with Gasteiger partial charge in [-0.05, 0) is 58.0 Å². The predicted molar refractivity (Wildman–Crippen MR) is 122 cm³/mol. The van der Waals surface area contributed by atoms with E-state index in [1.165, 1.54) is 6.92 Å². The van der Waals surface area contributed by atoms with Gasteiger partial charge in [0.25, 0.3) is 0 Å². The van der Waals surface area contributed by atoms with Crippen molar-refractivity contribution >= 4 is 23.7 Å². The lowest BCUT2D eigenvalue weighted by Gasteiger charge is -2.25. The standard InChI is InChI=1S/C21H42N6O5/c1-4-13(2)17(21(31)32)27-18(28)14(3)25-20(30)16(10-6-8-12-23)26-19(29)15(24)9-5-7-11-22/h13-17H,4-12,22-24H2,1-3H3,(H,25,30)(H,26,29)(H,27,28)(H,31,32). The number of hydrogen-bond acceptors (Lipinski definition) is 7. The molecule has 0 saturated carbocycles. The summed E-state index contributed by atoms with van der Waals surface area (Å²) in [7, 11) is 0. The number of carbonyl (C=O) groups is 4. The first-order valence-corrected chi connectivity index (χ1v) is 11.4. The van der Waals surface area contributed by atoms with Crippen LogP contribution in [-0.2, 0) is 19.2 Å². The zero-order valence-corrected chi connectivity index (χ0v) is 19.6. The second kappa shape index (κ2) is 16.4. The molecule has 0 rings (SSSR count). The molecule has 0 fully saturated rings. The fourth-order valence-corrected chi connectivity index (χ4v) is 3.02. The third-order valence-corrected chi connectivity index (χ3v) is 5.41. The van der Waals surface area contributed by atoms with E-state index in [0.717, 1.165) is 6.42 Å². The number of nitrogens with two attached hydrogens (primary N) is 3. The molecule has 0 spiro atoms. The summed E-state index contributed by atoms with van der Waals surface area (Å²) in [5, 5.41) is 17.0. The van der Waals surface area contributed by atoms with Crippen LogP contribution < -0.4 is 33.2 Å². The van der Waals surface area contributed by atoms with Crippen molar-refractivity contribution in [2.24, 2.45) is 23.1 Å². The highest BCUT2D eigenvalue weighted by Crippen LogP contribution is 2.09. The number of carbonyl (C=O) groups excluding carboxylic acids is 3. The number of amides is 3. The van der Waals surface area contributed by atoms with Crippen LogP contribution in [0.15, 0.2) is 0 Å². The summed E-state index contributed by atoms with van der Waals surface area (Å²) in [4.78, 5) is 49.1. The molecule has 0 aromatic carbocycles. The highest BCUT2D eigenvalue weighted by Gasteiger charge is 2.29. The van der Waals surface area contributed by atoms with Gasteiger partial charge < -0.3 is 38.3 Å². The number of aliphatic carboxylic acids is 1. The van der Waals surface area contributed by atoms with Crippen LogP contribution in [0.3, 0.4) is 0 Å². The Morgan fingerprint density at radius 1 is 0.812 bits per heavy atom. The van der Waals surface area contributed by atoms with Gasteiger partial charge >= 0.3 is 5.97 Å². The maximum Gasteiger partial charge on any atom is 0.326 e. The van der Waals surface area contributed by atoms with Crippen LogP contribution in [0, 0.1) is 5.92 Å². The van der Waals surface area contributed by atoms with Crippen molar-refractivity contribution in [1.82, 2.24) is 16.0 Å². The summed E-state index contributed by atoms with van der Waals surface area (Å²) in [6.45, 7) is 5.97. The summed E-state index contributed by atoms with van der Waals surface area (Å²) in [6, 6.07) is -3.69. The molecule has 0 aromatic heterocycles. The number of unbranched alkanes of at least 4 members (excludes halogenated alkanes) is 2. The largest absolute Gasteiger partial charge is 0.480 e. The Bertz CT molecular complexity index is 603. The molecular weight excluding hydrogens is 416 g/mol. The zero-order valence-electron chi connectivity index (χ0n) is 19.6. The van der Waals surface area contributed by atoms with Crippen molar-refractivity contribution < 1.29 is 24.3 Å². The third-order valence-electron chi connectivity index (χ3n) is 5.41. The van der Waals surface area contributed by atoms with E-state index >= 15 is 0 Å². The molecule has 0 aliphatic rings. The Kier molecular flexibility index (Phi) is 15.3. The van der Waals surface area contributed by atoms with Gasteiger partial charge in [0, 0.05) is 0 Å². The number of carboxylic acids is 1. The highest BCUT2D eigenvalue weighted by atomic mass is 16.4. The lowest BCUT2D eigenvalue weighted by atomic mass is 9.99. The Balaban J connectivity index is 5.05. The van der Waals surface area contributed by atoms with Crippen LogP contribution in [0.1, 0.15) is 65.7 Å². The first kappa shape index (κ1) is 29.8. The van der Waals surface area contributed by atoms with Crippen molar-refractivity contribution in [1.29, 1.82) is 0 Å². The molecule has 0 heterocycles.